The molecule has 0 saturated carbocycles. The smallest absolute Gasteiger partial charge is 0.335 e. The van der Waals surface area contributed by atoms with Crippen LogP contribution in [0, 0.1) is 0 Å². The monoisotopic (exact) mass is 288 g/mol. The van der Waals surface area contributed by atoms with E-state index in [9.17, 15) is 9.59 Å². The molecule has 2 unspecified atom stereocenters. The molecule has 0 saturated heterocycles. The molecule has 6 heteroatoms. The number of aliphatic hydroxyl groups excluding tert-OH is 2. The molecule has 0 bridgehead atoms. The Morgan fingerprint density at radius 3 is 1.95 bits per heavy atom. The number of methoxy groups -OCH3 is 1. The minimum Gasteiger partial charge on any atom is -0.466 e. The second-order valence-electron chi connectivity index (χ2n) is 4.12. The Bertz CT molecular complexity index is 346. The summed E-state index contributed by atoms with van der Waals surface area (Å²) in [6.07, 6.45) is -0.550. The molecule has 2 N–H and O–H groups in total. The van der Waals surface area contributed by atoms with Gasteiger partial charge >= 0.3 is 11.9 Å². The van der Waals surface area contributed by atoms with Crippen molar-refractivity contribution in [1.29, 1.82) is 0 Å². The van der Waals surface area contributed by atoms with E-state index in [2.05, 4.69) is 22.6 Å². The van der Waals surface area contributed by atoms with E-state index in [1.54, 1.807) is 6.92 Å². The number of rotatable bonds is 6. The van der Waals surface area contributed by atoms with Gasteiger partial charge in [0.2, 0.25) is 6.29 Å². The highest BCUT2D eigenvalue weighted by molar-refractivity contribution is 5.88. The lowest BCUT2D eigenvalue weighted by molar-refractivity contribution is -0.163. The number of carbonyl (C=O) groups is 2. The van der Waals surface area contributed by atoms with E-state index >= 15 is 0 Å². The Labute approximate surface area is 119 Å². The summed E-state index contributed by atoms with van der Waals surface area (Å²) in [6, 6.07) is 0. The second kappa shape index (κ2) is 11.2. The highest BCUT2D eigenvalue weighted by atomic mass is 16.6. The molecule has 116 valence electrons. The first-order valence-electron chi connectivity index (χ1n) is 6.17. The maximum Gasteiger partial charge on any atom is 0.335 e. The van der Waals surface area contributed by atoms with Gasteiger partial charge in [-0.2, -0.15) is 0 Å². The van der Waals surface area contributed by atoms with Crippen molar-refractivity contribution in [3.8, 4) is 0 Å². The van der Waals surface area contributed by atoms with Gasteiger partial charge in [0.25, 0.3) is 0 Å². The van der Waals surface area contributed by atoms with E-state index in [4.69, 9.17) is 10.2 Å². The molecule has 0 aliphatic heterocycles. The van der Waals surface area contributed by atoms with Gasteiger partial charge in [0, 0.05) is 12.0 Å². The van der Waals surface area contributed by atoms with Crippen LogP contribution in [0.2, 0.25) is 0 Å². The number of aliphatic hydroxyl groups is 2. The van der Waals surface area contributed by atoms with Gasteiger partial charge in [0.05, 0.1) is 18.8 Å². The van der Waals surface area contributed by atoms with Crippen molar-refractivity contribution in [3.05, 3.63) is 24.3 Å². The Kier molecular flexibility index (Phi) is 11.6. The van der Waals surface area contributed by atoms with E-state index in [1.165, 1.54) is 14.0 Å². The number of ether oxygens (including phenoxy) is 2. The molecule has 0 aliphatic rings. The zero-order chi connectivity index (χ0) is 16.3. The van der Waals surface area contributed by atoms with Crippen molar-refractivity contribution >= 4 is 11.9 Å². The summed E-state index contributed by atoms with van der Waals surface area (Å²) >= 11 is 0. The summed E-state index contributed by atoms with van der Waals surface area (Å²) in [4.78, 5) is 21.2. The molecule has 0 fully saturated rings. The van der Waals surface area contributed by atoms with E-state index in [1.807, 2.05) is 6.92 Å². The standard InChI is InChI=1S/C8H14O3.C6H10O3/c1-4-5-7(9)11-8(10)6(2)3;1-4(5(2)7)6(8)9-3/h7,9H,2,4-5H2,1,3H3;5,7H,1H2,2-3H3. The Morgan fingerprint density at radius 2 is 1.70 bits per heavy atom. The number of esters is 2. The maximum atomic E-state index is 10.7. The first-order chi connectivity index (χ1) is 9.17. The third-order valence-electron chi connectivity index (χ3n) is 2.08. The molecule has 0 heterocycles. The quantitative estimate of drug-likeness (QED) is 0.435. The van der Waals surface area contributed by atoms with Gasteiger partial charge in [-0.15, -0.1) is 0 Å². The van der Waals surface area contributed by atoms with Crippen molar-refractivity contribution < 1.29 is 29.3 Å². The van der Waals surface area contributed by atoms with Crippen LogP contribution in [0.15, 0.2) is 24.3 Å². The fraction of sp³-hybridized carbons (Fsp3) is 0.571. The van der Waals surface area contributed by atoms with E-state index in [0.29, 0.717) is 12.0 Å². The Hall–Kier alpha value is -1.66. The minimum atomic E-state index is -0.982. The largest absolute Gasteiger partial charge is 0.466 e. The third-order valence-corrected chi connectivity index (χ3v) is 2.08. The van der Waals surface area contributed by atoms with E-state index in [-0.39, 0.29) is 5.57 Å². The highest BCUT2D eigenvalue weighted by Gasteiger charge is 2.11. The van der Waals surface area contributed by atoms with Crippen LogP contribution in [-0.2, 0) is 19.1 Å². The fourth-order valence-corrected chi connectivity index (χ4v) is 0.832. The molecule has 0 rings (SSSR count). The van der Waals surface area contributed by atoms with Gasteiger partial charge in [-0.3, -0.25) is 0 Å². The van der Waals surface area contributed by atoms with Crippen LogP contribution < -0.4 is 0 Å². The van der Waals surface area contributed by atoms with Gasteiger partial charge < -0.3 is 19.7 Å². The average molecular weight is 288 g/mol. The summed E-state index contributed by atoms with van der Waals surface area (Å²) in [5.74, 6) is -1.10. The van der Waals surface area contributed by atoms with Crippen LogP contribution in [0.5, 0.6) is 0 Å². The molecule has 6 nitrogen and oxygen atoms in total. The normalized spacial score (nSPS) is 12.3. The molecule has 0 aromatic heterocycles. The first-order valence-corrected chi connectivity index (χ1v) is 6.17. The van der Waals surface area contributed by atoms with Gasteiger partial charge in [0.1, 0.15) is 0 Å². The summed E-state index contributed by atoms with van der Waals surface area (Å²) in [7, 11) is 1.25. The second-order valence-corrected chi connectivity index (χ2v) is 4.12. The van der Waals surface area contributed by atoms with Crippen LogP contribution in [-0.4, -0.2) is 41.7 Å². The maximum absolute atomic E-state index is 10.7. The van der Waals surface area contributed by atoms with Crippen LogP contribution in [0.4, 0.5) is 0 Å². The highest BCUT2D eigenvalue weighted by Crippen LogP contribution is 2.01. The molecule has 0 aliphatic carbocycles. The molecule has 0 radical (unpaired) electrons. The fourth-order valence-electron chi connectivity index (χ4n) is 0.832. The predicted octanol–water partition coefficient (Wildman–Crippen LogP) is 1.32. The van der Waals surface area contributed by atoms with E-state index in [0.717, 1.165) is 6.42 Å². The molecule has 0 aromatic rings. The first kappa shape index (κ1) is 20.7. The Morgan fingerprint density at radius 1 is 1.20 bits per heavy atom. The van der Waals surface area contributed by atoms with Crippen molar-refractivity contribution in [2.75, 3.05) is 7.11 Å². The Balaban J connectivity index is 0. The van der Waals surface area contributed by atoms with Crippen LogP contribution in [0.25, 0.3) is 0 Å². The molecule has 0 spiro atoms. The number of carbonyl (C=O) groups excluding carboxylic acids is 2. The van der Waals surface area contributed by atoms with Gasteiger partial charge in [-0.25, -0.2) is 9.59 Å². The topological polar surface area (TPSA) is 93.1 Å². The summed E-state index contributed by atoms with van der Waals surface area (Å²) in [6.45, 7) is 11.6. The summed E-state index contributed by atoms with van der Waals surface area (Å²) in [5.41, 5.74) is 0.387. The molecule has 0 amide bonds. The zero-order valence-corrected chi connectivity index (χ0v) is 12.5. The van der Waals surface area contributed by atoms with Crippen LogP contribution in [0.3, 0.4) is 0 Å². The number of hydrogen-bond donors (Lipinski definition) is 2. The lowest BCUT2D eigenvalue weighted by Crippen LogP contribution is -2.17. The molecule has 0 aromatic carbocycles. The summed E-state index contributed by atoms with van der Waals surface area (Å²) in [5, 5.41) is 17.7. The lowest BCUT2D eigenvalue weighted by atomic mass is 10.2. The minimum absolute atomic E-state index is 0.0810. The van der Waals surface area contributed by atoms with Crippen molar-refractivity contribution in [1.82, 2.24) is 0 Å². The van der Waals surface area contributed by atoms with Gasteiger partial charge in [-0.1, -0.05) is 26.5 Å². The van der Waals surface area contributed by atoms with Crippen molar-refractivity contribution in [2.24, 2.45) is 0 Å². The molecule has 2 atom stereocenters. The van der Waals surface area contributed by atoms with Crippen LogP contribution >= 0.6 is 0 Å². The van der Waals surface area contributed by atoms with Crippen molar-refractivity contribution in [3.63, 3.8) is 0 Å². The zero-order valence-electron chi connectivity index (χ0n) is 12.5. The molecule has 20 heavy (non-hydrogen) atoms. The van der Waals surface area contributed by atoms with E-state index < -0.39 is 24.3 Å². The van der Waals surface area contributed by atoms with Gasteiger partial charge in [0.15, 0.2) is 0 Å². The van der Waals surface area contributed by atoms with Crippen molar-refractivity contribution in [2.45, 2.75) is 46.0 Å². The predicted molar refractivity (Wildman–Crippen MR) is 74.7 cm³/mol. The SMILES string of the molecule is C=C(C(=O)OC)C(C)O.C=C(C)C(=O)OC(O)CCC. The molecular formula is C14H24O6. The lowest BCUT2D eigenvalue weighted by Gasteiger charge is -2.09. The van der Waals surface area contributed by atoms with Crippen LogP contribution in [0.1, 0.15) is 33.6 Å². The average Bonchev–Trinajstić information content (AvgIpc) is 2.37. The molecular weight excluding hydrogens is 264 g/mol. The number of hydrogen-bond acceptors (Lipinski definition) is 6. The summed E-state index contributed by atoms with van der Waals surface area (Å²) < 4.78 is 8.84. The van der Waals surface area contributed by atoms with Gasteiger partial charge in [-0.05, 0) is 13.8 Å². The third kappa shape index (κ3) is 10.3.